The van der Waals surface area contributed by atoms with Crippen LogP contribution in [0, 0.1) is 0 Å². The van der Waals surface area contributed by atoms with E-state index in [1.54, 1.807) is 6.08 Å². The number of nitrogens with one attached hydrogen (secondary N) is 1. The molecule has 410 valence electrons. The molecule has 1 amide bonds. The van der Waals surface area contributed by atoms with E-state index in [1.165, 1.54) is 103 Å². The summed E-state index contributed by atoms with van der Waals surface area (Å²) in [5.41, 5.74) is 0. The van der Waals surface area contributed by atoms with Crippen molar-refractivity contribution in [2.45, 2.75) is 256 Å². The number of ether oxygens (including phenoxy) is 2. The van der Waals surface area contributed by atoms with Crippen LogP contribution in [0.1, 0.15) is 213 Å². The molecule has 0 aromatic carbocycles. The van der Waals surface area contributed by atoms with E-state index in [4.69, 9.17) is 9.47 Å². The number of carbonyl (C=O) groups is 1. The Kier molecular flexibility index (Phi) is 47.3. The van der Waals surface area contributed by atoms with Crippen molar-refractivity contribution in [1.29, 1.82) is 0 Å². The summed E-state index contributed by atoms with van der Waals surface area (Å²) in [5, 5.41) is 54.5. The number of aliphatic hydroxyl groups excluding tert-OH is 5. The van der Waals surface area contributed by atoms with Crippen molar-refractivity contribution in [3.63, 3.8) is 0 Å². The molecule has 1 saturated heterocycles. The molecule has 0 bridgehead atoms. The Labute approximate surface area is 439 Å². The molecule has 1 aliphatic rings. The smallest absolute Gasteiger partial charge is 0.220 e. The second-order valence-electron chi connectivity index (χ2n) is 19.4. The van der Waals surface area contributed by atoms with Crippen molar-refractivity contribution in [2.24, 2.45) is 0 Å². The van der Waals surface area contributed by atoms with Gasteiger partial charge in [0.2, 0.25) is 5.91 Å². The fourth-order valence-corrected chi connectivity index (χ4v) is 8.27. The topological polar surface area (TPSA) is 149 Å². The predicted molar refractivity (Wildman–Crippen MR) is 304 cm³/mol. The molecule has 1 aliphatic heterocycles. The lowest BCUT2D eigenvalue weighted by molar-refractivity contribution is -0.302. The number of allylic oxidation sites excluding steroid dienone is 19. The summed E-state index contributed by atoms with van der Waals surface area (Å²) in [6.45, 7) is 3.63. The molecule has 7 unspecified atom stereocenters. The maximum Gasteiger partial charge on any atom is 0.220 e. The molecule has 0 saturated carbocycles. The van der Waals surface area contributed by atoms with Gasteiger partial charge >= 0.3 is 0 Å². The number of hydrogen-bond acceptors (Lipinski definition) is 8. The van der Waals surface area contributed by atoms with Gasteiger partial charge in [0, 0.05) is 6.42 Å². The van der Waals surface area contributed by atoms with Gasteiger partial charge in [0.05, 0.1) is 25.4 Å². The van der Waals surface area contributed by atoms with Crippen molar-refractivity contribution < 1.29 is 39.8 Å². The number of aliphatic hydroxyl groups is 5. The first-order valence-corrected chi connectivity index (χ1v) is 28.8. The van der Waals surface area contributed by atoms with E-state index < -0.39 is 49.5 Å². The number of amides is 1. The molecule has 9 heteroatoms. The lowest BCUT2D eigenvalue weighted by atomic mass is 9.99. The van der Waals surface area contributed by atoms with Crippen LogP contribution in [0.4, 0.5) is 0 Å². The average molecular weight is 1000 g/mol. The maximum absolute atomic E-state index is 13.0. The molecular weight excluding hydrogens is 899 g/mol. The third-order valence-electron chi connectivity index (χ3n) is 12.8. The molecule has 9 nitrogen and oxygen atoms in total. The van der Waals surface area contributed by atoms with Gasteiger partial charge in [-0.05, 0) is 83.5 Å². The van der Waals surface area contributed by atoms with Crippen molar-refractivity contribution in [1.82, 2.24) is 5.32 Å². The maximum atomic E-state index is 13.0. The standard InChI is InChI=1S/C63H105NO8/c1-3-5-7-9-11-13-15-17-19-21-23-25-26-27-28-29-30-31-32-33-35-37-39-41-43-45-47-49-51-53-59(67)64-56(55-71-63-62(70)61(69)60(68)58(54-65)72-63)57(66)52-50-48-46-44-42-40-38-36-34-24-22-20-18-16-14-12-10-8-6-4-2/h5,7,11,13,17,19,23,25,27-28,30-31,33,35,39,41,45,47,50,52,56-58,60-63,65-66,68-70H,3-4,6,8-10,12,14-16,18,20-22,24,26,29,32,34,36-38,40,42-44,46,48-49,51,53-55H2,1-2H3,(H,64,67)/b7-5-,13-11-,19-17-,25-23-,28-27-,31-30-,35-33-,41-39-,47-45-,52-50+. The number of hydrogen-bond donors (Lipinski definition) is 6. The molecule has 6 N–H and O–H groups in total. The first-order valence-electron chi connectivity index (χ1n) is 28.8. The van der Waals surface area contributed by atoms with Gasteiger partial charge in [0.25, 0.3) is 0 Å². The Morgan fingerprint density at radius 1 is 0.486 bits per heavy atom. The third-order valence-corrected chi connectivity index (χ3v) is 12.8. The molecule has 1 rings (SSSR count). The van der Waals surface area contributed by atoms with Crippen LogP contribution in [-0.4, -0.2) is 87.5 Å². The molecule has 0 aromatic heterocycles. The SMILES string of the molecule is CC/C=C\C/C=C\C/C=C\C/C=C\C/C=C\C/C=C\C/C=C\C/C=C\C/C=C\CCCC(=O)NC(COC1OC(CO)C(O)C(O)C1O)C(O)/C=C/CCCCCCCCCCCCCCCCCCCC. The second kappa shape index (κ2) is 51.1. The Hall–Kier alpha value is -3.41. The van der Waals surface area contributed by atoms with E-state index in [0.717, 1.165) is 83.5 Å². The summed E-state index contributed by atoms with van der Waals surface area (Å²) in [4.78, 5) is 13.0. The van der Waals surface area contributed by atoms with Crippen LogP contribution in [0.15, 0.2) is 122 Å². The van der Waals surface area contributed by atoms with Crippen molar-refractivity contribution in [3.05, 3.63) is 122 Å². The van der Waals surface area contributed by atoms with Gasteiger partial charge in [0.1, 0.15) is 24.4 Å². The van der Waals surface area contributed by atoms with Gasteiger partial charge in [-0.1, -0.05) is 245 Å². The van der Waals surface area contributed by atoms with Crippen LogP contribution in [0.3, 0.4) is 0 Å². The van der Waals surface area contributed by atoms with E-state index >= 15 is 0 Å². The molecule has 0 aliphatic carbocycles. The normalized spacial score (nSPS) is 20.1. The summed E-state index contributed by atoms with van der Waals surface area (Å²) in [5.74, 6) is -0.238. The quantitative estimate of drug-likeness (QED) is 0.0261. The molecule has 0 radical (unpaired) electrons. The van der Waals surface area contributed by atoms with Crippen LogP contribution < -0.4 is 5.32 Å². The highest BCUT2D eigenvalue weighted by Gasteiger charge is 2.44. The molecule has 1 heterocycles. The first-order chi connectivity index (χ1) is 35.3. The van der Waals surface area contributed by atoms with E-state index in [0.29, 0.717) is 6.42 Å². The highest BCUT2D eigenvalue weighted by molar-refractivity contribution is 5.76. The summed E-state index contributed by atoms with van der Waals surface area (Å²) in [7, 11) is 0. The lowest BCUT2D eigenvalue weighted by Gasteiger charge is -2.40. The Balaban J connectivity index is 2.31. The number of unbranched alkanes of at least 4 members (excludes halogenated alkanes) is 19. The molecule has 1 fully saturated rings. The molecule has 0 aromatic rings. The number of carbonyl (C=O) groups excluding carboxylic acids is 1. The highest BCUT2D eigenvalue weighted by Crippen LogP contribution is 2.23. The average Bonchev–Trinajstić information content (AvgIpc) is 3.38. The zero-order valence-electron chi connectivity index (χ0n) is 45.4. The summed E-state index contributed by atoms with van der Waals surface area (Å²) in [6.07, 6.45) is 69.7. The minimum absolute atomic E-state index is 0.219. The zero-order valence-corrected chi connectivity index (χ0v) is 45.4. The highest BCUT2D eigenvalue weighted by atomic mass is 16.7. The van der Waals surface area contributed by atoms with Crippen LogP contribution >= 0.6 is 0 Å². The molecular formula is C63H105NO8. The van der Waals surface area contributed by atoms with Gasteiger partial charge in [-0.2, -0.15) is 0 Å². The third kappa shape index (κ3) is 40.0. The Bertz CT molecular complexity index is 1540. The number of rotatable bonds is 47. The van der Waals surface area contributed by atoms with E-state index in [2.05, 4.69) is 129 Å². The summed E-state index contributed by atoms with van der Waals surface area (Å²) >= 11 is 0. The summed E-state index contributed by atoms with van der Waals surface area (Å²) < 4.78 is 11.2. The van der Waals surface area contributed by atoms with Crippen molar-refractivity contribution in [3.8, 4) is 0 Å². The summed E-state index contributed by atoms with van der Waals surface area (Å²) in [6, 6.07) is -0.846. The fourth-order valence-electron chi connectivity index (χ4n) is 8.27. The lowest BCUT2D eigenvalue weighted by Crippen LogP contribution is -2.60. The fraction of sp³-hybridized carbons (Fsp3) is 0.667. The monoisotopic (exact) mass is 1000 g/mol. The van der Waals surface area contributed by atoms with Gasteiger partial charge in [-0.15, -0.1) is 0 Å². The van der Waals surface area contributed by atoms with Crippen LogP contribution in [0.5, 0.6) is 0 Å². The van der Waals surface area contributed by atoms with Crippen LogP contribution in [-0.2, 0) is 14.3 Å². The Morgan fingerprint density at radius 3 is 1.26 bits per heavy atom. The van der Waals surface area contributed by atoms with Gasteiger partial charge in [-0.3, -0.25) is 4.79 Å². The van der Waals surface area contributed by atoms with Gasteiger partial charge < -0.3 is 40.3 Å². The van der Waals surface area contributed by atoms with Crippen LogP contribution in [0.25, 0.3) is 0 Å². The predicted octanol–water partition coefficient (Wildman–Crippen LogP) is 14.3. The van der Waals surface area contributed by atoms with Crippen molar-refractivity contribution in [2.75, 3.05) is 13.2 Å². The largest absolute Gasteiger partial charge is 0.394 e. The van der Waals surface area contributed by atoms with E-state index in [1.807, 2.05) is 6.08 Å². The van der Waals surface area contributed by atoms with E-state index in [9.17, 15) is 30.3 Å². The molecule has 0 spiro atoms. The minimum atomic E-state index is -1.59. The second-order valence-corrected chi connectivity index (χ2v) is 19.4. The molecule has 7 atom stereocenters. The first kappa shape index (κ1) is 66.6. The van der Waals surface area contributed by atoms with Crippen LogP contribution in [0.2, 0.25) is 0 Å². The Morgan fingerprint density at radius 2 is 0.861 bits per heavy atom. The van der Waals surface area contributed by atoms with Gasteiger partial charge in [0.15, 0.2) is 6.29 Å². The minimum Gasteiger partial charge on any atom is -0.394 e. The zero-order chi connectivity index (χ0) is 52.2. The van der Waals surface area contributed by atoms with E-state index in [-0.39, 0.29) is 18.9 Å². The molecule has 72 heavy (non-hydrogen) atoms. The van der Waals surface area contributed by atoms with Crippen molar-refractivity contribution >= 4 is 5.91 Å². The van der Waals surface area contributed by atoms with Gasteiger partial charge in [-0.25, -0.2) is 0 Å².